The van der Waals surface area contributed by atoms with E-state index in [4.69, 9.17) is 0 Å². The van der Waals surface area contributed by atoms with E-state index in [1.54, 1.807) is 0 Å². The van der Waals surface area contributed by atoms with Crippen LogP contribution < -0.4 is 10.6 Å². The molecule has 2 aliphatic rings. The maximum atomic E-state index is 3.73. The van der Waals surface area contributed by atoms with Gasteiger partial charge in [-0.1, -0.05) is 0 Å². The molecule has 0 bridgehead atoms. The molecule has 2 N–H and O–H groups in total. The summed E-state index contributed by atoms with van der Waals surface area (Å²) in [5.74, 6) is 0.977. The lowest BCUT2D eigenvalue weighted by molar-refractivity contribution is 0.209. The molecule has 2 fully saturated rings. The van der Waals surface area contributed by atoms with Crippen molar-refractivity contribution >= 4 is 0 Å². The van der Waals surface area contributed by atoms with E-state index in [9.17, 15) is 0 Å². The van der Waals surface area contributed by atoms with Crippen LogP contribution >= 0.6 is 0 Å². The summed E-state index contributed by atoms with van der Waals surface area (Å²) in [6, 6.07) is 0.785. The summed E-state index contributed by atoms with van der Waals surface area (Å²) in [7, 11) is 2.24. The van der Waals surface area contributed by atoms with Crippen LogP contribution in [0.15, 0.2) is 0 Å². The fraction of sp³-hybridized carbons (Fsp3) is 1.00. The van der Waals surface area contributed by atoms with Gasteiger partial charge in [0, 0.05) is 6.04 Å². The highest BCUT2D eigenvalue weighted by Crippen LogP contribution is 2.18. The summed E-state index contributed by atoms with van der Waals surface area (Å²) in [4.78, 5) is 2.46. The molecule has 94 valence electrons. The van der Waals surface area contributed by atoms with E-state index in [-0.39, 0.29) is 0 Å². The molecular formula is C13H27N3. The molecule has 16 heavy (non-hydrogen) atoms. The van der Waals surface area contributed by atoms with Gasteiger partial charge in [0.1, 0.15) is 0 Å². The first-order valence-corrected chi connectivity index (χ1v) is 6.97. The molecule has 0 unspecified atom stereocenters. The van der Waals surface area contributed by atoms with Crippen LogP contribution in [0.4, 0.5) is 0 Å². The fourth-order valence-corrected chi connectivity index (χ4v) is 2.87. The summed E-state index contributed by atoms with van der Waals surface area (Å²) in [6.07, 6.45) is 6.83. The van der Waals surface area contributed by atoms with Crippen LogP contribution in [0, 0.1) is 5.92 Å². The molecule has 2 heterocycles. The van der Waals surface area contributed by atoms with Crippen molar-refractivity contribution in [1.82, 2.24) is 15.5 Å². The molecule has 0 aromatic carbocycles. The Bertz CT molecular complexity index is 182. The molecule has 0 atom stereocenters. The van der Waals surface area contributed by atoms with Gasteiger partial charge in [0.2, 0.25) is 0 Å². The van der Waals surface area contributed by atoms with Crippen LogP contribution in [0.5, 0.6) is 0 Å². The van der Waals surface area contributed by atoms with Crippen LogP contribution in [0.1, 0.15) is 32.1 Å². The van der Waals surface area contributed by atoms with Crippen molar-refractivity contribution in [3.63, 3.8) is 0 Å². The SMILES string of the molecule is CN1CCC(CCNC2CCNCC2)CC1. The molecule has 0 saturated carbocycles. The van der Waals surface area contributed by atoms with E-state index >= 15 is 0 Å². The first kappa shape index (κ1) is 12.3. The highest BCUT2D eigenvalue weighted by atomic mass is 15.1. The van der Waals surface area contributed by atoms with Crippen molar-refractivity contribution in [2.24, 2.45) is 5.92 Å². The molecule has 3 heteroatoms. The first-order chi connectivity index (χ1) is 7.84. The zero-order valence-electron chi connectivity index (χ0n) is 10.7. The lowest BCUT2D eigenvalue weighted by Gasteiger charge is -2.30. The molecule has 0 aromatic heterocycles. The van der Waals surface area contributed by atoms with Gasteiger partial charge in [-0.3, -0.25) is 0 Å². The third kappa shape index (κ3) is 4.04. The first-order valence-electron chi connectivity index (χ1n) is 6.97. The molecule has 3 nitrogen and oxygen atoms in total. The van der Waals surface area contributed by atoms with Gasteiger partial charge in [-0.15, -0.1) is 0 Å². The highest BCUT2D eigenvalue weighted by molar-refractivity contribution is 4.76. The molecule has 2 aliphatic heterocycles. The lowest BCUT2D eigenvalue weighted by atomic mass is 9.93. The molecule has 0 aromatic rings. The van der Waals surface area contributed by atoms with Gasteiger partial charge in [0.15, 0.2) is 0 Å². The maximum absolute atomic E-state index is 3.73. The van der Waals surface area contributed by atoms with Crippen LogP contribution in [-0.4, -0.2) is 50.7 Å². The zero-order valence-corrected chi connectivity index (χ0v) is 10.7. The molecule has 2 rings (SSSR count). The van der Waals surface area contributed by atoms with E-state index in [0.29, 0.717) is 0 Å². The summed E-state index contributed by atoms with van der Waals surface area (Å²) in [5.41, 5.74) is 0. The second-order valence-corrected chi connectivity index (χ2v) is 5.51. The zero-order chi connectivity index (χ0) is 11.2. The van der Waals surface area contributed by atoms with E-state index < -0.39 is 0 Å². The van der Waals surface area contributed by atoms with Gasteiger partial charge in [0.25, 0.3) is 0 Å². The Morgan fingerprint density at radius 2 is 1.81 bits per heavy atom. The van der Waals surface area contributed by atoms with Gasteiger partial charge in [-0.25, -0.2) is 0 Å². The van der Waals surface area contributed by atoms with Crippen molar-refractivity contribution in [2.45, 2.75) is 38.1 Å². The van der Waals surface area contributed by atoms with Gasteiger partial charge in [0.05, 0.1) is 0 Å². The molecule has 0 radical (unpaired) electrons. The van der Waals surface area contributed by atoms with Crippen LogP contribution in [0.3, 0.4) is 0 Å². The average molecular weight is 225 g/mol. The topological polar surface area (TPSA) is 27.3 Å². The highest BCUT2D eigenvalue weighted by Gasteiger charge is 2.17. The largest absolute Gasteiger partial charge is 0.317 e. The van der Waals surface area contributed by atoms with Crippen molar-refractivity contribution in [3.8, 4) is 0 Å². The summed E-state index contributed by atoms with van der Waals surface area (Å²) >= 11 is 0. The Balaban J connectivity index is 1.53. The van der Waals surface area contributed by atoms with Gasteiger partial charge >= 0.3 is 0 Å². The predicted octanol–water partition coefficient (Wildman–Crippen LogP) is 1.06. The standard InChI is InChI=1S/C13H27N3/c1-16-10-5-12(6-11-16)2-9-15-13-3-7-14-8-4-13/h12-15H,2-11H2,1H3. The van der Waals surface area contributed by atoms with Gasteiger partial charge in [-0.05, 0) is 77.8 Å². The molecule has 0 aliphatic carbocycles. The maximum Gasteiger partial charge on any atom is 0.00912 e. The quantitative estimate of drug-likeness (QED) is 0.749. The molecule has 2 saturated heterocycles. The van der Waals surface area contributed by atoms with Crippen molar-refractivity contribution in [2.75, 3.05) is 39.8 Å². The second-order valence-electron chi connectivity index (χ2n) is 5.51. The minimum Gasteiger partial charge on any atom is -0.317 e. The number of nitrogens with one attached hydrogen (secondary N) is 2. The van der Waals surface area contributed by atoms with Crippen molar-refractivity contribution in [3.05, 3.63) is 0 Å². The normalized spacial score (nSPS) is 26.1. The Kier molecular flexibility index (Phi) is 5.07. The fourth-order valence-electron chi connectivity index (χ4n) is 2.87. The van der Waals surface area contributed by atoms with Crippen LogP contribution in [-0.2, 0) is 0 Å². The Labute approximate surface area is 100.0 Å². The number of hydrogen-bond acceptors (Lipinski definition) is 3. The number of likely N-dealkylation sites (tertiary alicyclic amines) is 1. The minimum absolute atomic E-state index is 0.785. The smallest absolute Gasteiger partial charge is 0.00912 e. The number of piperidine rings is 2. The Morgan fingerprint density at radius 3 is 2.50 bits per heavy atom. The van der Waals surface area contributed by atoms with E-state index in [1.807, 2.05) is 0 Å². The Hall–Kier alpha value is -0.120. The number of rotatable bonds is 4. The van der Waals surface area contributed by atoms with Gasteiger partial charge in [-0.2, -0.15) is 0 Å². The predicted molar refractivity (Wildman–Crippen MR) is 68.7 cm³/mol. The number of nitrogens with zero attached hydrogens (tertiary/aromatic N) is 1. The Morgan fingerprint density at radius 1 is 1.12 bits per heavy atom. The molecule has 0 amide bonds. The third-order valence-electron chi connectivity index (χ3n) is 4.16. The van der Waals surface area contributed by atoms with E-state index in [0.717, 1.165) is 12.0 Å². The number of hydrogen-bond donors (Lipinski definition) is 2. The van der Waals surface area contributed by atoms with E-state index in [1.165, 1.54) is 64.8 Å². The lowest BCUT2D eigenvalue weighted by Crippen LogP contribution is -2.41. The summed E-state index contributed by atoms with van der Waals surface area (Å²) in [6.45, 7) is 6.24. The van der Waals surface area contributed by atoms with Crippen molar-refractivity contribution in [1.29, 1.82) is 0 Å². The monoisotopic (exact) mass is 225 g/mol. The third-order valence-corrected chi connectivity index (χ3v) is 4.16. The molecular weight excluding hydrogens is 198 g/mol. The average Bonchev–Trinajstić information content (AvgIpc) is 2.33. The van der Waals surface area contributed by atoms with Crippen LogP contribution in [0.25, 0.3) is 0 Å². The van der Waals surface area contributed by atoms with Crippen molar-refractivity contribution < 1.29 is 0 Å². The second kappa shape index (κ2) is 6.58. The summed E-state index contributed by atoms with van der Waals surface area (Å²) < 4.78 is 0. The summed E-state index contributed by atoms with van der Waals surface area (Å²) in [5, 5.41) is 7.14. The van der Waals surface area contributed by atoms with Crippen LogP contribution in [0.2, 0.25) is 0 Å². The molecule has 0 spiro atoms. The van der Waals surface area contributed by atoms with Gasteiger partial charge < -0.3 is 15.5 Å². The van der Waals surface area contributed by atoms with E-state index in [2.05, 4.69) is 22.6 Å². The minimum atomic E-state index is 0.785.